The van der Waals surface area contributed by atoms with E-state index < -0.39 is 0 Å². The van der Waals surface area contributed by atoms with Crippen molar-refractivity contribution in [1.82, 2.24) is 4.90 Å². The molecule has 1 aliphatic heterocycles. The fourth-order valence-corrected chi connectivity index (χ4v) is 1.93. The van der Waals surface area contributed by atoms with E-state index in [1.165, 1.54) is 19.3 Å². The minimum Gasteiger partial charge on any atom is -0.376 e. The van der Waals surface area contributed by atoms with Crippen molar-refractivity contribution in [2.24, 2.45) is 0 Å². The van der Waals surface area contributed by atoms with Crippen molar-refractivity contribution in [3.63, 3.8) is 0 Å². The van der Waals surface area contributed by atoms with Crippen LogP contribution in [0.25, 0.3) is 0 Å². The third-order valence-electron chi connectivity index (χ3n) is 2.86. The predicted octanol–water partition coefficient (Wildman–Crippen LogP) is 1.26. The van der Waals surface area contributed by atoms with Crippen molar-refractivity contribution in [3.05, 3.63) is 0 Å². The van der Waals surface area contributed by atoms with Crippen molar-refractivity contribution >= 4 is 0 Å². The predicted molar refractivity (Wildman–Crippen MR) is 44.6 cm³/mol. The molecule has 64 valence electrons. The van der Waals surface area contributed by atoms with Gasteiger partial charge < -0.3 is 4.74 Å². The van der Waals surface area contributed by atoms with Gasteiger partial charge in [-0.05, 0) is 19.8 Å². The van der Waals surface area contributed by atoms with Gasteiger partial charge in [0, 0.05) is 19.1 Å². The van der Waals surface area contributed by atoms with Crippen LogP contribution in [0.5, 0.6) is 0 Å². The lowest BCUT2D eigenvalue weighted by Crippen LogP contribution is -2.49. The van der Waals surface area contributed by atoms with Gasteiger partial charge in [0.1, 0.15) is 0 Å². The maximum Gasteiger partial charge on any atom is 0.0674 e. The molecule has 0 spiro atoms. The van der Waals surface area contributed by atoms with Gasteiger partial charge in [-0.2, -0.15) is 0 Å². The van der Waals surface area contributed by atoms with E-state index >= 15 is 0 Å². The van der Waals surface area contributed by atoms with E-state index in [2.05, 4.69) is 11.8 Å². The van der Waals surface area contributed by atoms with E-state index in [0.717, 1.165) is 25.7 Å². The van der Waals surface area contributed by atoms with E-state index in [-0.39, 0.29) is 0 Å². The number of nitrogens with zero attached hydrogens (tertiary/aromatic N) is 1. The highest BCUT2D eigenvalue weighted by molar-refractivity contribution is 4.82. The molecule has 1 saturated heterocycles. The summed E-state index contributed by atoms with van der Waals surface area (Å²) in [5, 5.41) is 0. The summed E-state index contributed by atoms with van der Waals surface area (Å²) in [5.74, 6) is 0. The first-order chi connectivity index (χ1) is 5.36. The molecule has 11 heavy (non-hydrogen) atoms. The van der Waals surface area contributed by atoms with Crippen LogP contribution in [0, 0.1) is 0 Å². The second-order valence-corrected chi connectivity index (χ2v) is 3.76. The smallest absolute Gasteiger partial charge is 0.0674 e. The molecule has 0 aromatic rings. The van der Waals surface area contributed by atoms with E-state index in [1.807, 2.05) is 0 Å². The van der Waals surface area contributed by atoms with Crippen molar-refractivity contribution in [2.75, 3.05) is 19.7 Å². The lowest BCUT2D eigenvalue weighted by Gasteiger charge is -2.41. The lowest BCUT2D eigenvalue weighted by atomic mass is 9.91. The van der Waals surface area contributed by atoms with Gasteiger partial charge >= 0.3 is 0 Å². The molecule has 0 amide bonds. The maximum atomic E-state index is 5.49. The zero-order valence-corrected chi connectivity index (χ0v) is 7.25. The summed E-state index contributed by atoms with van der Waals surface area (Å²) >= 11 is 0. The number of rotatable bonds is 1. The van der Waals surface area contributed by atoms with E-state index in [4.69, 9.17) is 4.74 Å². The van der Waals surface area contributed by atoms with Crippen LogP contribution in [0.4, 0.5) is 0 Å². The summed E-state index contributed by atoms with van der Waals surface area (Å²) in [4.78, 5) is 2.59. The van der Waals surface area contributed by atoms with E-state index in [0.29, 0.717) is 6.10 Å². The fraction of sp³-hybridized carbons (Fsp3) is 1.00. The largest absolute Gasteiger partial charge is 0.376 e. The molecule has 0 aromatic carbocycles. The zero-order chi connectivity index (χ0) is 7.68. The van der Waals surface area contributed by atoms with Gasteiger partial charge in [0.25, 0.3) is 0 Å². The Morgan fingerprint density at radius 2 is 2.18 bits per heavy atom. The molecule has 1 saturated carbocycles. The van der Waals surface area contributed by atoms with Gasteiger partial charge in [-0.15, -0.1) is 0 Å². The third kappa shape index (κ3) is 1.57. The third-order valence-corrected chi connectivity index (χ3v) is 2.86. The van der Waals surface area contributed by atoms with Gasteiger partial charge in [0.15, 0.2) is 0 Å². The Morgan fingerprint density at radius 1 is 1.36 bits per heavy atom. The molecule has 2 fully saturated rings. The fourth-order valence-electron chi connectivity index (χ4n) is 1.93. The molecule has 2 aliphatic rings. The number of morpholine rings is 1. The van der Waals surface area contributed by atoms with Gasteiger partial charge in [-0.25, -0.2) is 0 Å². The van der Waals surface area contributed by atoms with Crippen LogP contribution in [-0.2, 0) is 4.74 Å². The Hall–Kier alpha value is -0.0800. The minimum atomic E-state index is 0.462. The Bertz CT molecular complexity index is 134. The van der Waals surface area contributed by atoms with Crippen molar-refractivity contribution in [3.8, 4) is 0 Å². The molecule has 2 heteroatoms. The summed E-state index contributed by atoms with van der Waals surface area (Å²) in [6.07, 6.45) is 4.75. The normalized spacial score (nSPS) is 35.2. The van der Waals surface area contributed by atoms with Crippen LogP contribution >= 0.6 is 0 Å². The highest BCUT2D eigenvalue weighted by Gasteiger charge is 2.27. The van der Waals surface area contributed by atoms with Gasteiger partial charge in [-0.3, -0.25) is 4.90 Å². The quantitative estimate of drug-likeness (QED) is 0.565. The molecule has 0 bridgehead atoms. The van der Waals surface area contributed by atoms with Crippen LogP contribution in [0.1, 0.15) is 26.2 Å². The Balaban J connectivity index is 1.82. The molecule has 2 rings (SSSR count). The van der Waals surface area contributed by atoms with Crippen LogP contribution in [0.3, 0.4) is 0 Å². The molecule has 1 atom stereocenters. The molecular weight excluding hydrogens is 138 g/mol. The van der Waals surface area contributed by atoms with E-state index in [9.17, 15) is 0 Å². The van der Waals surface area contributed by atoms with Crippen molar-refractivity contribution in [2.45, 2.75) is 38.3 Å². The summed E-state index contributed by atoms with van der Waals surface area (Å²) in [7, 11) is 0. The Kier molecular flexibility index (Phi) is 2.14. The maximum absolute atomic E-state index is 5.49. The van der Waals surface area contributed by atoms with Gasteiger partial charge in [0.2, 0.25) is 0 Å². The van der Waals surface area contributed by atoms with E-state index in [1.54, 1.807) is 0 Å². The average Bonchev–Trinajstić information content (AvgIpc) is 1.83. The second kappa shape index (κ2) is 3.11. The van der Waals surface area contributed by atoms with Crippen molar-refractivity contribution < 1.29 is 4.74 Å². The summed E-state index contributed by atoms with van der Waals surface area (Å²) in [6.45, 7) is 5.43. The van der Waals surface area contributed by atoms with Crippen LogP contribution in [-0.4, -0.2) is 36.7 Å². The molecule has 1 unspecified atom stereocenters. The van der Waals surface area contributed by atoms with Gasteiger partial charge in [-0.1, -0.05) is 6.42 Å². The lowest BCUT2D eigenvalue weighted by molar-refractivity contribution is -0.0464. The Morgan fingerprint density at radius 3 is 2.73 bits per heavy atom. The first-order valence-electron chi connectivity index (χ1n) is 4.72. The van der Waals surface area contributed by atoms with Crippen LogP contribution in [0.2, 0.25) is 0 Å². The molecule has 1 heterocycles. The Labute approximate surface area is 68.5 Å². The number of hydrogen-bond donors (Lipinski definition) is 0. The second-order valence-electron chi connectivity index (χ2n) is 3.76. The number of ether oxygens (including phenoxy) is 1. The van der Waals surface area contributed by atoms with Crippen molar-refractivity contribution in [1.29, 1.82) is 0 Å². The highest BCUT2D eigenvalue weighted by Crippen LogP contribution is 2.25. The molecule has 0 aromatic heterocycles. The zero-order valence-electron chi connectivity index (χ0n) is 7.25. The topological polar surface area (TPSA) is 12.5 Å². The average molecular weight is 155 g/mol. The summed E-state index contributed by atoms with van der Waals surface area (Å²) < 4.78 is 5.49. The number of hydrogen-bond acceptors (Lipinski definition) is 2. The molecule has 2 nitrogen and oxygen atoms in total. The standard InChI is InChI=1S/C9H17NO/c1-8-7-10(5-6-11-8)9-3-2-4-9/h8-9H,2-7H2,1H3. The summed E-state index contributed by atoms with van der Waals surface area (Å²) in [6, 6.07) is 0.904. The first kappa shape index (κ1) is 7.56. The first-order valence-corrected chi connectivity index (χ1v) is 4.72. The molecule has 0 N–H and O–H groups in total. The minimum absolute atomic E-state index is 0.462. The molecule has 0 radical (unpaired) electrons. The molecular formula is C9H17NO. The van der Waals surface area contributed by atoms with Crippen LogP contribution < -0.4 is 0 Å². The highest BCUT2D eigenvalue weighted by atomic mass is 16.5. The summed E-state index contributed by atoms with van der Waals surface area (Å²) in [5.41, 5.74) is 0. The van der Waals surface area contributed by atoms with Gasteiger partial charge in [0.05, 0.1) is 12.7 Å². The molecule has 1 aliphatic carbocycles. The van der Waals surface area contributed by atoms with Crippen LogP contribution in [0.15, 0.2) is 0 Å². The SMILES string of the molecule is CC1CN(C2CCC2)CCO1. The monoisotopic (exact) mass is 155 g/mol.